The summed E-state index contributed by atoms with van der Waals surface area (Å²) >= 11 is 24.3. The zero-order chi connectivity index (χ0) is 23.3. The molecular weight excluding hydrogens is 482 g/mol. The minimum Gasteiger partial charge on any atom is -0.482 e. The molecule has 0 radical (unpaired) electrons. The second-order valence-electron chi connectivity index (χ2n) is 8.04. The molecule has 168 valence electrons. The Labute approximate surface area is 202 Å². The lowest BCUT2D eigenvalue weighted by Gasteiger charge is -2.31. The first kappa shape index (κ1) is 25.6. The molecule has 2 aromatic carbocycles. The number of amides is 2. The van der Waals surface area contributed by atoms with Crippen molar-refractivity contribution in [1.82, 2.24) is 10.2 Å². The molecule has 5 nitrogen and oxygen atoms in total. The van der Waals surface area contributed by atoms with Crippen LogP contribution in [0.4, 0.5) is 0 Å². The quantitative estimate of drug-likeness (QED) is 0.501. The van der Waals surface area contributed by atoms with Crippen LogP contribution in [0.1, 0.15) is 33.3 Å². The fourth-order valence-electron chi connectivity index (χ4n) is 2.70. The van der Waals surface area contributed by atoms with Crippen LogP contribution in [0.2, 0.25) is 20.1 Å². The van der Waals surface area contributed by atoms with Gasteiger partial charge in [-0.25, -0.2) is 0 Å². The Bertz CT molecular complexity index is 960. The predicted molar refractivity (Wildman–Crippen MR) is 126 cm³/mol. The van der Waals surface area contributed by atoms with E-state index in [0.29, 0.717) is 26.4 Å². The number of rotatable bonds is 7. The number of carbonyl (C=O) groups excluding carboxylic acids is 2. The van der Waals surface area contributed by atoms with Gasteiger partial charge in [-0.1, -0.05) is 52.5 Å². The summed E-state index contributed by atoms with van der Waals surface area (Å²) in [7, 11) is 0. The molecule has 0 aliphatic carbocycles. The number of ether oxygens (including phenoxy) is 1. The van der Waals surface area contributed by atoms with Crippen LogP contribution in [0.25, 0.3) is 0 Å². The van der Waals surface area contributed by atoms with Gasteiger partial charge in [0.15, 0.2) is 6.61 Å². The molecule has 0 aliphatic heterocycles. The molecule has 2 amide bonds. The van der Waals surface area contributed by atoms with E-state index >= 15 is 0 Å². The Hall–Kier alpha value is -1.66. The fourth-order valence-corrected chi connectivity index (χ4v) is 3.64. The molecular formula is C22H24Cl4N2O3. The van der Waals surface area contributed by atoms with Gasteiger partial charge in [-0.3, -0.25) is 9.59 Å². The minimum absolute atomic E-state index is 0.102. The average Bonchev–Trinajstić information content (AvgIpc) is 2.64. The molecule has 1 N–H and O–H groups in total. The number of hydrogen-bond donors (Lipinski definition) is 1. The number of nitrogens with zero attached hydrogens (tertiary/aromatic N) is 1. The molecule has 2 rings (SSSR count). The van der Waals surface area contributed by atoms with Gasteiger partial charge in [0.1, 0.15) is 11.8 Å². The molecule has 0 saturated heterocycles. The molecule has 0 fully saturated rings. The largest absolute Gasteiger partial charge is 0.482 e. The number of nitrogens with one attached hydrogen (secondary N) is 1. The third kappa shape index (κ3) is 7.76. The average molecular weight is 506 g/mol. The summed E-state index contributed by atoms with van der Waals surface area (Å²) in [6.07, 6.45) is 0. The highest BCUT2D eigenvalue weighted by atomic mass is 35.5. The van der Waals surface area contributed by atoms with Crippen LogP contribution in [0, 0.1) is 0 Å². The normalized spacial score (nSPS) is 12.3. The SMILES string of the molecule is CC(C(=O)NC(C)(C)C)N(Cc1ccc(Cl)cc1Cl)C(=O)COc1ccc(Cl)cc1Cl. The smallest absolute Gasteiger partial charge is 0.261 e. The van der Waals surface area contributed by atoms with Crippen LogP contribution >= 0.6 is 46.4 Å². The van der Waals surface area contributed by atoms with Gasteiger partial charge in [-0.05, 0) is 63.6 Å². The van der Waals surface area contributed by atoms with Crippen molar-refractivity contribution in [3.63, 3.8) is 0 Å². The minimum atomic E-state index is -0.775. The van der Waals surface area contributed by atoms with Gasteiger partial charge in [0.25, 0.3) is 5.91 Å². The van der Waals surface area contributed by atoms with Gasteiger partial charge in [0.2, 0.25) is 5.91 Å². The Kier molecular flexibility index (Phi) is 8.90. The summed E-state index contributed by atoms with van der Waals surface area (Å²) in [4.78, 5) is 27.2. The maximum absolute atomic E-state index is 13.1. The van der Waals surface area contributed by atoms with Gasteiger partial charge >= 0.3 is 0 Å². The van der Waals surface area contributed by atoms with Gasteiger partial charge in [-0.15, -0.1) is 0 Å². The highest BCUT2D eigenvalue weighted by molar-refractivity contribution is 6.35. The lowest BCUT2D eigenvalue weighted by atomic mass is 10.1. The van der Waals surface area contributed by atoms with E-state index in [1.54, 1.807) is 37.3 Å². The van der Waals surface area contributed by atoms with Gasteiger partial charge in [-0.2, -0.15) is 0 Å². The first-order valence-electron chi connectivity index (χ1n) is 9.50. The van der Waals surface area contributed by atoms with E-state index in [0.717, 1.165) is 0 Å². The standard InChI is InChI=1S/C22H24Cl4N2O3/c1-13(21(30)27-22(2,3)4)28(11-14-5-6-15(23)9-17(14)25)20(29)12-31-19-8-7-16(24)10-18(19)26/h5-10,13H,11-12H2,1-4H3,(H,27,30). The summed E-state index contributed by atoms with van der Waals surface area (Å²) in [5.41, 5.74) is 0.199. The Morgan fingerprint density at radius 3 is 2.13 bits per heavy atom. The molecule has 9 heteroatoms. The first-order chi connectivity index (χ1) is 14.4. The summed E-state index contributed by atoms with van der Waals surface area (Å²) < 4.78 is 5.58. The van der Waals surface area contributed by atoms with E-state index in [9.17, 15) is 9.59 Å². The molecule has 0 aromatic heterocycles. The Balaban J connectivity index is 2.24. The topological polar surface area (TPSA) is 58.6 Å². The van der Waals surface area contributed by atoms with E-state index in [-0.39, 0.29) is 24.1 Å². The third-order valence-corrected chi connectivity index (χ3v) is 5.38. The van der Waals surface area contributed by atoms with E-state index in [1.807, 2.05) is 20.8 Å². The van der Waals surface area contributed by atoms with Crippen LogP contribution < -0.4 is 10.1 Å². The monoisotopic (exact) mass is 504 g/mol. The van der Waals surface area contributed by atoms with Crippen LogP contribution in [-0.2, 0) is 16.1 Å². The lowest BCUT2D eigenvalue weighted by Crippen LogP contribution is -2.53. The summed E-state index contributed by atoms with van der Waals surface area (Å²) in [6, 6.07) is 8.92. The number of benzene rings is 2. The van der Waals surface area contributed by atoms with Crippen molar-refractivity contribution in [2.75, 3.05) is 6.61 Å². The highest BCUT2D eigenvalue weighted by Gasteiger charge is 2.29. The van der Waals surface area contributed by atoms with Crippen molar-refractivity contribution in [3.8, 4) is 5.75 Å². The molecule has 0 spiro atoms. The molecule has 0 saturated carbocycles. The summed E-state index contributed by atoms with van der Waals surface area (Å²) in [5.74, 6) is -0.389. The van der Waals surface area contributed by atoms with E-state index in [2.05, 4.69) is 5.32 Å². The molecule has 1 unspecified atom stereocenters. The lowest BCUT2D eigenvalue weighted by molar-refractivity contribution is -0.142. The molecule has 0 bridgehead atoms. The molecule has 0 heterocycles. The van der Waals surface area contributed by atoms with Crippen LogP contribution in [0.3, 0.4) is 0 Å². The number of halogens is 4. The molecule has 2 aromatic rings. The Morgan fingerprint density at radius 2 is 1.58 bits per heavy atom. The maximum Gasteiger partial charge on any atom is 0.261 e. The van der Waals surface area contributed by atoms with Gasteiger partial charge in [0.05, 0.1) is 5.02 Å². The number of carbonyl (C=O) groups is 2. The fraction of sp³-hybridized carbons (Fsp3) is 0.364. The second kappa shape index (κ2) is 10.8. The van der Waals surface area contributed by atoms with E-state index in [1.165, 1.54) is 11.0 Å². The highest BCUT2D eigenvalue weighted by Crippen LogP contribution is 2.28. The van der Waals surface area contributed by atoms with Crippen LogP contribution in [0.5, 0.6) is 5.75 Å². The van der Waals surface area contributed by atoms with Crippen molar-refractivity contribution in [2.45, 2.75) is 45.8 Å². The predicted octanol–water partition coefficient (Wildman–Crippen LogP) is 6.01. The molecule has 31 heavy (non-hydrogen) atoms. The number of hydrogen-bond acceptors (Lipinski definition) is 3. The molecule has 0 aliphatic rings. The zero-order valence-electron chi connectivity index (χ0n) is 17.6. The van der Waals surface area contributed by atoms with Crippen molar-refractivity contribution in [3.05, 3.63) is 62.1 Å². The maximum atomic E-state index is 13.1. The van der Waals surface area contributed by atoms with Crippen molar-refractivity contribution in [1.29, 1.82) is 0 Å². The summed E-state index contributed by atoms with van der Waals surface area (Å²) in [5, 5.41) is 4.50. The van der Waals surface area contributed by atoms with E-state index in [4.69, 9.17) is 51.1 Å². The zero-order valence-corrected chi connectivity index (χ0v) is 20.7. The van der Waals surface area contributed by atoms with Gasteiger partial charge in [0, 0.05) is 27.2 Å². The molecule has 1 atom stereocenters. The van der Waals surface area contributed by atoms with Crippen LogP contribution in [-0.4, -0.2) is 34.9 Å². The van der Waals surface area contributed by atoms with Crippen molar-refractivity contribution >= 4 is 58.2 Å². The van der Waals surface area contributed by atoms with Crippen LogP contribution in [0.15, 0.2) is 36.4 Å². The van der Waals surface area contributed by atoms with Gasteiger partial charge < -0.3 is 15.0 Å². The Morgan fingerprint density at radius 1 is 1.00 bits per heavy atom. The first-order valence-corrected chi connectivity index (χ1v) is 11.0. The van der Waals surface area contributed by atoms with Crippen molar-refractivity contribution in [2.24, 2.45) is 0 Å². The van der Waals surface area contributed by atoms with Crippen molar-refractivity contribution < 1.29 is 14.3 Å². The third-order valence-electron chi connectivity index (χ3n) is 4.27. The summed E-state index contributed by atoms with van der Waals surface area (Å²) in [6.45, 7) is 7.03. The second-order valence-corrected chi connectivity index (χ2v) is 9.72. The van der Waals surface area contributed by atoms with E-state index < -0.39 is 17.5 Å².